The molecule has 1 aromatic heterocycles. The van der Waals surface area contributed by atoms with Gasteiger partial charge in [-0.2, -0.15) is 5.10 Å². The first-order valence-electron chi connectivity index (χ1n) is 8.38. The molecule has 3 rings (SSSR count). The Morgan fingerprint density at radius 2 is 2.21 bits per heavy atom. The Morgan fingerprint density at radius 3 is 2.96 bits per heavy atom. The Hall–Kier alpha value is -1.99. The second kappa shape index (κ2) is 7.72. The largest absolute Gasteiger partial charge is 0.347 e. The van der Waals surface area contributed by atoms with Gasteiger partial charge in [-0.25, -0.2) is 0 Å². The molecule has 2 aromatic rings. The van der Waals surface area contributed by atoms with Crippen LogP contribution in [-0.4, -0.2) is 38.2 Å². The van der Waals surface area contributed by atoms with Gasteiger partial charge in [0.05, 0.1) is 12.6 Å². The molecule has 1 amide bonds. The molecule has 7 heteroatoms. The van der Waals surface area contributed by atoms with E-state index in [2.05, 4.69) is 32.5 Å². The van der Waals surface area contributed by atoms with Gasteiger partial charge < -0.3 is 9.88 Å². The van der Waals surface area contributed by atoms with E-state index in [1.165, 1.54) is 5.56 Å². The van der Waals surface area contributed by atoms with Crippen molar-refractivity contribution in [2.24, 2.45) is 0 Å². The molecule has 0 spiro atoms. The van der Waals surface area contributed by atoms with Crippen LogP contribution in [0, 0.1) is 4.77 Å². The number of carbonyl (C=O) groups is 1. The fourth-order valence-electron chi connectivity index (χ4n) is 3.23. The number of nitrogens with one attached hydrogen (secondary N) is 2. The average molecular weight is 345 g/mol. The third-order valence-corrected chi connectivity index (χ3v) is 4.78. The Morgan fingerprint density at radius 1 is 1.42 bits per heavy atom. The van der Waals surface area contributed by atoms with Gasteiger partial charge in [-0.15, -0.1) is 0 Å². The van der Waals surface area contributed by atoms with E-state index < -0.39 is 0 Å². The van der Waals surface area contributed by atoms with Crippen LogP contribution >= 0.6 is 12.2 Å². The number of benzene rings is 1. The van der Waals surface area contributed by atoms with E-state index in [4.69, 9.17) is 12.2 Å². The summed E-state index contributed by atoms with van der Waals surface area (Å²) in [6.07, 6.45) is 1.96. The number of nitrogens with zero attached hydrogens (tertiary/aromatic N) is 3. The van der Waals surface area contributed by atoms with Crippen molar-refractivity contribution in [2.45, 2.75) is 45.4 Å². The van der Waals surface area contributed by atoms with Gasteiger partial charge in [0.1, 0.15) is 0 Å². The highest BCUT2D eigenvalue weighted by Gasteiger charge is 2.30. The zero-order valence-corrected chi connectivity index (χ0v) is 14.7. The van der Waals surface area contributed by atoms with E-state index in [0.29, 0.717) is 11.3 Å². The van der Waals surface area contributed by atoms with Gasteiger partial charge in [-0.1, -0.05) is 30.3 Å². The monoisotopic (exact) mass is 345 g/mol. The summed E-state index contributed by atoms with van der Waals surface area (Å²) < 4.78 is 2.49. The van der Waals surface area contributed by atoms with Crippen LogP contribution in [0.2, 0.25) is 0 Å². The van der Waals surface area contributed by atoms with E-state index in [-0.39, 0.29) is 11.9 Å². The van der Waals surface area contributed by atoms with Crippen molar-refractivity contribution >= 4 is 18.1 Å². The van der Waals surface area contributed by atoms with Crippen molar-refractivity contribution in [3.63, 3.8) is 0 Å². The van der Waals surface area contributed by atoms with Gasteiger partial charge in [-0.05, 0) is 44.1 Å². The molecular weight excluding hydrogens is 322 g/mol. The molecule has 0 radical (unpaired) electrons. The Kier molecular flexibility index (Phi) is 5.42. The van der Waals surface area contributed by atoms with E-state index in [9.17, 15) is 4.79 Å². The fraction of sp³-hybridized carbons (Fsp3) is 0.471. The van der Waals surface area contributed by atoms with Crippen molar-refractivity contribution < 1.29 is 4.79 Å². The molecule has 1 atom stereocenters. The van der Waals surface area contributed by atoms with Gasteiger partial charge in [-0.3, -0.25) is 14.8 Å². The molecule has 2 N–H and O–H groups in total. The number of hydrogen-bond donors (Lipinski definition) is 2. The molecular formula is C17H23N5OS. The molecule has 128 valence electrons. The third kappa shape index (κ3) is 3.73. The summed E-state index contributed by atoms with van der Waals surface area (Å²) in [6.45, 7) is 4.92. The summed E-state index contributed by atoms with van der Waals surface area (Å²) >= 11 is 5.17. The number of amides is 1. The van der Waals surface area contributed by atoms with Crippen LogP contribution in [0.4, 0.5) is 0 Å². The number of aromatic nitrogens is 3. The lowest BCUT2D eigenvalue weighted by Gasteiger charge is -2.23. The SMILES string of the molecule is CCn1c(CNC(=O)[C@@H]2CCCN2Cc2ccccc2)n[nH]c1=S. The fourth-order valence-corrected chi connectivity index (χ4v) is 3.51. The van der Waals surface area contributed by atoms with Gasteiger partial charge in [0.25, 0.3) is 0 Å². The van der Waals surface area contributed by atoms with E-state index >= 15 is 0 Å². The predicted molar refractivity (Wildman–Crippen MR) is 94.8 cm³/mol. The minimum Gasteiger partial charge on any atom is -0.347 e. The first-order valence-corrected chi connectivity index (χ1v) is 8.79. The number of rotatable bonds is 6. The van der Waals surface area contributed by atoms with Crippen LogP contribution in [-0.2, 0) is 24.4 Å². The Balaban J connectivity index is 1.60. The lowest BCUT2D eigenvalue weighted by molar-refractivity contribution is -0.125. The minimum atomic E-state index is -0.0674. The topological polar surface area (TPSA) is 66.0 Å². The van der Waals surface area contributed by atoms with Crippen molar-refractivity contribution in [2.75, 3.05) is 6.54 Å². The summed E-state index contributed by atoms with van der Waals surface area (Å²) in [7, 11) is 0. The predicted octanol–water partition coefficient (Wildman–Crippen LogP) is 2.24. The Labute approximate surface area is 146 Å². The van der Waals surface area contributed by atoms with Crippen LogP contribution in [0.25, 0.3) is 0 Å². The van der Waals surface area contributed by atoms with Gasteiger partial charge >= 0.3 is 0 Å². The first-order chi connectivity index (χ1) is 11.7. The summed E-state index contributed by atoms with van der Waals surface area (Å²) in [6, 6.07) is 10.2. The van der Waals surface area contributed by atoms with Crippen molar-refractivity contribution in [1.29, 1.82) is 0 Å². The average Bonchev–Trinajstić information content (AvgIpc) is 3.20. The molecule has 2 heterocycles. The molecule has 1 saturated heterocycles. The zero-order valence-electron chi connectivity index (χ0n) is 13.9. The van der Waals surface area contributed by atoms with Crippen molar-refractivity contribution in [3.8, 4) is 0 Å². The number of carbonyl (C=O) groups excluding carboxylic acids is 1. The molecule has 1 aliphatic heterocycles. The second-order valence-corrected chi connectivity index (χ2v) is 6.41. The summed E-state index contributed by atoms with van der Waals surface area (Å²) in [5, 5.41) is 9.98. The smallest absolute Gasteiger partial charge is 0.237 e. The van der Waals surface area contributed by atoms with Crippen molar-refractivity contribution in [3.05, 3.63) is 46.5 Å². The Bertz CT molecular complexity index is 739. The maximum atomic E-state index is 12.6. The maximum Gasteiger partial charge on any atom is 0.237 e. The standard InChI is InChI=1S/C17H23N5OS/c1-2-22-15(19-20-17(22)24)11-18-16(23)14-9-6-10-21(14)12-13-7-4-3-5-8-13/h3-5,7-8,14H,2,6,9-12H2,1H3,(H,18,23)(H,20,24)/t14-/m0/s1. The molecule has 0 aliphatic carbocycles. The molecule has 0 bridgehead atoms. The van der Waals surface area contributed by atoms with E-state index in [1.54, 1.807) is 0 Å². The molecule has 6 nitrogen and oxygen atoms in total. The van der Waals surface area contributed by atoms with E-state index in [0.717, 1.165) is 38.3 Å². The molecule has 0 unspecified atom stereocenters. The number of aromatic amines is 1. The molecule has 0 saturated carbocycles. The number of H-pyrrole nitrogens is 1. The van der Waals surface area contributed by atoms with Crippen molar-refractivity contribution in [1.82, 2.24) is 25.0 Å². The van der Waals surface area contributed by atoms with Crippen LogP contribution in [0.3, 0.4) is 0 Å². The molecule has 1 aliphatic rings. The molecule has 24 heavy (non-hydrogen) atoms. The molecule has 1 aromatic carbocycles. The third-order valence-electron chi connectivity index (χ3n) is 4.47. The summed E-state index contributed by atoms with van der Waals surface area (Å²) in [4.78, 5) is 14.9. The van der Waals surface area contributed by atoms with Crippen LogP contribution in [0.15, 0.2) is 30.3 Å². The quantitative estimate of drug-likeness (QED) is 0.788. The minimum absolute atomic E-state index is 0.0674. The highest BCUT2D eigenvalue weighted by Crippen LogP contribution is 2.20. The van der Waals surface area contributed by atoms with Gasteiger partial charge in [0.15, 0.2) is 10.6 Å². The second-order valence-electron chi connectivity index (χ2n) is 6.02. The lowest BCUT2D eigenvalue weighted by Crippen LogP contribution is -2.42. The van der Waals surface area contributed by atoms with Crippen LogP contribution in [0.1, 0.15) is 31.2 Å². The maximum absolute atomic E-state index is 12.6. The molecule has 1 fully saturated rings. The summed E-state index contributed by atoms with van der Waals surface area (Å²) in [5.74, 6) is 0.837. The van der Waals surface area contributed by atoms with E-state index in [1.807, 2.05) is 29.7 Å². The van der Waals surface area contributed by atoms with Crippen LogP contribution < -0.4 is 5.32 Å². The lowest BCUT2D eigenvalue weighted by atomic mass is 10.1. The van der Waals surface area contributed by atoms with Gasteiger partial charge in [0.2, 0.25) is 5.91 Å². The highest BCUT2D eigenvalue weighted by atomic mass is 32.1. The zero-order chi connectivity index (χ0) is 16.9. The normalized spacial score (nSPS) is 18.0. The van der Waals surface area contributed by atoms with Crippen LogP contribution in [0.5, 0.6) is 0 Å². The number of likely N-dealkylation sites (tertiary alicyclic amines) is 1. The first kappa shape index (κ1) is 16.9. The summed E-state index contributed by atoms with van der Waals surface area (Å²) in [5.41, 5.74) is 1.24. The van der Waals surface area contributed by atoms with Gasteiger partial charge in [0, 0.05) is 13.1 Å². The number of hydrogen-bond acceptors (Lipinski definition) is 4. The highest BCUT2D eigenvalue weighted by molar-refractivity contribution is 7.71.